The number of thiocarbonyl (C=S) groups is 1. The van der Waals surface area contributed by atoms with Crippen molar-refractivity contribution in [3.63, 3.8) is 0 Å². The van der Waals surface area contributed by atoms with E-state index >= 15 is 0 Å². The van der Waals surface area contributed by atoms with Crippen molar-refractivity contribution >= 4 is 34.6 Å². The molecule has 1 N–H and O–H groups in total. The van der Waals surface area contributed by atoms with Crippen molar-refractivity contribution in [2.24, 2.45) is 0 Å². The van der Waals surface area contributed by atoms with Crippen LogP contribution in [0.2, 0.25) is 5.02 Å². The van der Waals surface area contributed by atoms with E-state index in [4.69, 9.17) is 28.6 Å². The standard InChI is InChI=1S/C19H22ClN3OS/c1-24-18-8-6-17(7-9-18)22-10-12-23(13-11-22)19(25)21-14-15-2-4-16(20)5-3-15/h2-9H,10-14H2,1H3,(H,21,25). The molecule has 0 aromatic heterocycles. The highest BCUT2D eigenvalue weighted by molar-refractivity contribution is 7.80. The van der Waals surface area contributed by atoms with Crippen molar-refractivity contribution < 1.29 is 4.74 Å². The van der Waals surface area contributed by atoms with Crippen molar-refractivity contribution in [1.29, 1.82) is 0 Å². The first kappa shape index (κ1) is 17.8. The van der Waals surface area contributed by atoms with Gasteiger partial charge in [0.25, 0.3) is 0 Å². The predicted octanol–water partition coefficient (Wildman–Crippen LogP) is 3.55. The number of hydrogen-bond donors (Lipinski definition) is 1. The van der Waals surface area contributed by atoms with Crippen LogP contribution in [-0.2, 0) is 6.54 Å². The molecule has 132 valence electrons. The van der Waals surface area contributed by atoms with E-state index < -0.39 is 0 Å². The Morgan fingerprint density at radius 3 is 2.28 bits per heavy atom. The Bertz CT molecular complexity index is 698. The minimum atomic E-state index is 0.717. The van der Waals surface area contributed by atoms with Crippen molar-refractivity contribution in [3.05, 3.63) is 59.1 Å². The summed E-state index contributed by atoms with van der Waals surface area (Å²) in [6, 6.07) is 16.0. The number of methoxy groups -OCH3 is 1. The molecule has 2 aromatic rings. The molecule has 0 saturated carbocycles. The molecule has 0 radical (unpaired) electrons. The number of nitrogens with zero attached hydrogens (tertiary/aromatic N) is 2. The summed E-state index contributed by atoms with van der Waals surface area (Å²) in [5.41, 5.74) is 2.39. The Balaban J connectivity index is 1.47. The van der Waals surface area contributed by atoms with Gasteiger partial charge in [-0.1, -0.05) is 23.7 Å². The summed E-state index contributed by atoms with van der Waals surface area (Å²) >= 11 is 11.5. The Morgan fingerprint density at radius 2 is 1.68 bits per heavy atom. The number of ether oxygens (including phenoxy) is 1. The minimum Gasteiger partial charge on any atom is -0.497 e. The van der Waals surface area contributed by atoms with E-state index in [1.807, 2.05) is 36.4 Å². The summed E-state index contributed by atoms with van der Waals surface area (Å²) in [4.78, 5) is 4.60. The molecule has 0 unspecified atom stereocenters. The van der Waals surface area contributed by atoms with Crippen molar-refractivity contribution in [1.82, 2.24) is 10.2 Å². The monoisotopic (exact) mass is 375 g/mol. The molecule has 6 heteroatoms. The van der Waals surface area contributed by atoms with E-state index in [0.717, 1.165) is 42.1 Å². The number of benzene rings is 2. The lowest BCUT2D eigenvalue weighted by molar-refractivity contribution is 0.380. The normalized spacial score (nSPS) is 14.3. The SMILES string of the molecule is COc1ccc(N2CCN(C(=S)NCc3ccc(Cl)cc3)CC2)cc1. The summed E-state index contributed by atoms with van der Waals surface area (Å²) in [5, 5.41) is 4.90. The average Bonchev–Trinajstić information content (AvgIpc) is 2.67. The third kappa shape index (κ3) is 4.77. The molecule has 4 nitrogen and oxygen atoms in total. The molecule has 3 rings (SSSR count). The summed E-state index contributed by atoms with van der Waals surface area (Å²) in [6.45, 7) is 4.45. The van der Waals surface area contributed by atoms with Crippen LogP contribution in [0.5, 0.6) is 5.75 Å². The van der Waals surface area contributed by atoms with Gasteiger partial charge in [0, 0.05) is 43.4 Å². The molecule has 1 aliphatic rings. The highest BCUT2D eigenvalue weighted by Gasteiger charge is 2.19. The quantitative estimate of drug-likeness (QED) is 0.825. The molecule has 1 aliphatic heterocycles. The van der Waals surface area contributed by atoms with Crippen LogP contribution in [0.15, 0.2) is 48.5 Å². The number of anilines is 1. The van der Waals surface area contributed by atoms with Gasteiger partial charge in [-0.2, -0.15) is 0 Å². The lowest BCUT2D eigenvalue weighted by Gasteiger charge is -2.37. The Kier molecular flexibility index (Phi) is 6.00. The fourth-order valence-electron chi connectivity index (χ4n) is 2.85. The van der Waals surface area contributed by atoms with E-state index in [2.05, 4.69) is 27.2 Å². The number of nitrogens with one attached hydrogen (secondary N) is 1. The zero-order valence-electron chi connectivity index (χ0n) is 14.2. The largest absolute Gasteiger partial charge is 0.497 e. The zero-order chi connectivity index (χ0) is 17.6. The second-order valence-corrected chi connectivity index (χ2v) is 6.78. The van der Waals surface area contributed by atoms with Crippen molar-refractivity contribution in [2.75, 3.05) is 38.2 Å². The minimum absolute atomic E-state index is 0.717. The Hall–Kier alpha value is -1.98. The van der Waals surface area contributed by atoms with Crippen LogP contribution in [-0.4, -0.2) is 43.3 Å². The molecule has 0 bridgehead atoms. The number of halogens is 1. The van der Waals surface area contributed by atoms with Gasteiger partial charge in [-0.15, -0.1) is 0 Å². The maximum atomic E-state index is 5.91. The van der Waals surface area contributed by atoms with Crippen LogP contribution in [0.4, 0.5) is 5.69 Å². The molecule has 1 heterocycles. The first-order valence-corrected chi connectivity index (χ1v) is 9.10. The van der Waals surface area contributed by atoms with Gasteiger partial charge >= 0.3 is 0 Å². The third-order valence-electron chi connectivity index (χ3n) is 4.36. The predicted molar refractivity (Wildman–Crippen MR) is 108 cm³/mol. The maximum absolute atomic E-state index is 5.91. The van der Waals surface area contributed by atoms with Gasteiger partial charge in [0.15, 0.2) is 5.11 Å². The third-order valence-corrected chi connectivity index (χ3v) is 5.02. The average molecular weight is 376 g/mol. The van der Waals surface area contributed by atoms with Crippen LogP contribution in [0.25, 0.3) is 0 Å². The fraction of sp³-hybridized carbons (Fsp3) is 0.316. The second kappa shape index (κ2) is 8.41. The maximum Gasteiger partial charge on any atom is 0.169 e. The van der Waals surface area contributed by atoms with Gasteiger partial charge in [0.2, 0.25) is 0 Å². The van der Waals surface area contributed by atoms with Gasteiger partial charge < -0.3 is 19.9 Å². The van der Waals surface area contributed by atoms with Crippen LogP contribution < -0.4 is 15.0 Å². The molecule has 1 saturated heterocycles. The number of piperazine rings is 1. The summed E-state index contributed by atoms with van der Waals surface area (Å²) in [5.74, 6) is 0.884. The summed E-state index contributed by atoms with van der Waals surface area (Å²) in [6.07, 6.45) is 0. The van der Waals surface area contributed by atoms with Crippen LogP contribution in [0.3, 0.4) is 0 Å². The topological polar surface area (TPSA) is 27.7 Å². The van der Waals surface area contributed by atoms with Crippen LogP contribution in [0, 0.1) is 0 Å². The van der Waals surface area contributed by atoms with Crippen molar-refractivity contribution in [2.45, 2.75) is 6.54 Å². The second-order valence-electron chi connectivity index (χ2n) is 5.96. The first-order valence-electron chi connectivity index (χ1n) is 8.32. The highest BCUT2D eigenvalue weighted by Crippen LogP contribution is 2.20. The molecule has 0 spiro atoms. The Labute approximate surface area is 159 Å². The van der Waals surface area contributed by atoms with Gasteiger partial charge in [-0.25, -0.2) is 0 Å². The van der Waals surface area contributed by atoms with E-state index in [1.54, 1.807) is 7.11 Å². The van der Waals surface area contributed by atoms with Crippen LogP contribution >= 0.6 is 23.8 Å². The lowest BCUT2D eigenvalue weighted by Crippen LogP contribution is -2.51. The van der Waals surface area contributed by atoms with Gasteiger partial charge in [0.05, 0.1) is 7.11 Å². The molecule has 0 amide bonds. The molecule has 25 heavy (non-hydrogen) atoms. The molecule has 2 aromatic carbocycles. The lowest BCUT2D eigenvalue weighted by atomic mass is 10.2. The summed E-state index contributed by atoms with van der Waals surface area (Å²) in [7, 11) is 1.69. The molecular formula is C19H22ClN3OS. The van der Waals surface area contributed by atoms with E-state index in [0.29, 0.717) is 6.54 Å². The van der Waals surface area contributed by atoms with E-state index in [1.165, 1.54) is 11.3 Å². The van der Waals surface area contributed by atoms with Crippen LogP contribution in [0.1, 0.15) is 5.56 Å². The summed E-state index contributed by atoms with van der Waals surface area (Å²) < 4.78 is 5.22. The van der Waals surface area contributed by atoms with E-state index in [-0.39, 0.29) is 0 Å². The first-order chi connectivity index (χ1) is 12.2. The highest BCUT2D eigenvalue weighted by atomic mass is 35.5. The number of hydrogen-bond acceptors (Lipinski definition) is 3. The van der Waals surface area contributed by atoms with E-state index in [9.17, 15) is 0 Å². The molecule has 0 aliphatic carbocycles. The van der Waals surface area contributed by atoms with Gasteiger partial charge in [-0.3, -0.25) is 0 Å². The molecular weight excluding hydrogens is 354 g/mol. The van der Waals surface area contributed by atoms with Gasteiger partial charge in [0.1, 0.15) is 5.75 Å². The molecule has 0 atom stereocenters. The van der Waals surface area contributed by atoms with Crippen molar-refractivity contribution in [3.8, 4) is 5.75 Å². The molecule has 1 fully saturated rings. The smallest absolute Gasteiger partial charge is 0.169 e. The van der Waals surface area contributed by atoms with Gasteiger partial charge in [-0.05, 0) is 54.2 Å². The fourth-order valence-corrected chi connectivity index (χ4v) is 3.23. The Morgan fingerprint density at radius 1 is 1.04 bits per heavy atom. The zero-order valence-corrected chi connectivity index (χ0v) is 15.8. The number of rotatable bonds is 4.